The van der Waals surface area contributed by atoms with Crippen molar-refractivity contribution in [1.82, 2.24) is 9.55 Å². The molecule has 110 valence electrons. The van der Waals surface area contributed by atoms with E-state index in [9.17, 15) is 13.2 Å². The van der Waals surface area contributed by atoms with Crippen LogP contribution in [0.15, 0.2) is 23.4 Å². The summed E-state index contributed by atoms with van der Waals surface area (Å²) >= 11 is 7.05. The van der Waals surface area contributed by atoms with Crippen LogP contribution in [-0.4, -0.2) is 21.5 Å². The zero-order valence-electron chi connectivity index (χ0n) is 10.9. The number of thioether (sulfide) groups is 1. The first kappa shape index (κ1) is 15.5. The Morgan fingerprint density at radius 1 is 1.35 bits per heavy atom. The Balaban J connectivity index is 2.24. The summed E-state index contributed by atoms with van der Waals surface area (Å²) < 4.78 is 38.6. The van der Waals surface area contributed by atoms with Crippen LogP contribution in [0.5, 0.6) is 0 Å². The summed E-state index contributed by atoms with van der Waals surface area (Å²) in [6.45, 7) is 2.75. The van der Waals surface area contributed by atoms with Gasteiger partial charge in [-0.25, -0.2) is 4.98 Å². The summed E-state index contributed by atoms with van der Waals surface area (Å²) in [5.74, 6) is -0.0235. The summed E-state index contributed by atoms with van der Waals surface area (Å²) in [6.07, 6.45) is -4.05. The van der Waals surface area contributed by atoms with E-state index in [0.29, 0.717) is 10.2 Å². The Kier molecular flexibility index (Phi) is 4.86. The molecule has 20 heavy (non-hydrogen) atoms. The third kappa shape index (κ3) is 3.82. The molecule has 1 aromatic carbocycles. The third-order valence-corrected chi connectivity index (χ3v) is 3.95. The topological polar surface area (TPSA) is 17.8 Å². The Morgan fingerprint density at radius 3 is 2.75 bits per heavy atom. The van der Waals surface area contributed by atoms with Gasteiger partial charge in [-0.3, -0.25) is 0 Å². The minimum atomic E-state index is -4.13. The number of imidazole rings is 1. The number of hydrogen-bond donors (Lipinski definition) is 0. The number of aromatic nitrogens is 2. The Hall–Kier alpha value is -0.880. The van der Waals surface area contributed by atoms with Crippen LogP contribution in [0.2, 0.25) is 5.02 Å². The molecule has 0 bridgehead atoms. The smallest absolute Gasteiger partial charge is 0.319 e. The molecule has 0 aliphatic rings. The van der Waals surface area contributed by atoms with E-state index in [1.54, 1.807) is 12.1 Å². The van der Waals surface area contributed by atoms with E-state index in [1.165, 1.54) is 0 Å². The van der Waals surface area contributed by atoms with Gasteiger partial charge >= 0.3 is 6.18 Å². The van der Waals surface area contributed by atoms with Gasteiger partial charge in [0.05, 0.1) is 17.5 Å². The number of alkyl halides is 3. The van der Waals surface area contributed by atoms with Crippen molar-refractivity contribution in [2.75, 3.05) is 5.75 Å². The lowest BCUT2D eigenvalue weighted by Crippen LogP contribution is -2.08. The number of rotatable bonds is 5. The molecule has 0 fully saturated rings. The van der Waals surface area contributed by atoms with Crippen molar-refractivity contribution in [1.29, 1.82) is 0 Å². The van der Waals surface area contributed by atoms with Crippen LogP contribution in [0.25, 0.3) is 11.0 Å². The molecule has 2 aromatic rings. The van der Waals surface area contributed by atoms with Crippen molar-refractivity contribution < 1.29 is 13.2 Å². The van der Waals surface area contributed by atoms with Crippen LogP contribution < -0.4 is 0 Å². The first-order chi connectivity index (χ1) is 9.40. The Morgan fingerprint density at radius 2 is 2.10 bits per heavy atom. The quantitative estimate of drug-likeness (QED) is 0.709. The number of nitrogens with zero attached hydrogens (tertiary/aromatic N) is 2. The number of aryl methyl sites for hydroxylation is 1. The molecule has 1 heterocycles. The monoisotopic (exact) mass is 322 g/mol. The predicted octanol–water partition coefficient (Wildman–Crippen LogP) is 5.14. The number of halogens is 4. The van der Waals surface area contributed by atoms with Crippen molar-refractivity contribution in [3.8, 4) is 0 Å². The summed E-state index contributed by atoms with van der Waals surface area (Å²) in [7, 11) is 0. The van der Waals surface area contributed by atoms with E-state index >= 15 is 0 Å². The van der Waals surface area contributed by atoms with Crippen LogP contribution in [0.1, 0.15) is 19.8 Å². The fraction of sp³-hybridized carbons (Fsp3) is 0.462. The van der Waals surface area contributed by atoms with E-state index in [0.717, 1.165) is 35.8 Å². The molecule has 0 aliphatic carbocycles. The van der Waals surface area contributed by atoms with Gasteiger partial charge in [0, 0.05) is 17.3 Å². The molecule has 7 heteroatoms. The van der Waals surface area contributed by atoms with E-state index in [1.807, 2.05) is 17.6 Å². The van der Waals surface area contributed by atoms with Crippen molar-refractivity contribution in [2.45, 2.75) is 37.6 Å². The highest BCUT2D eigenvalue weighted by atomic mass is 35.5. The molecular formula is C13H14ClF3N2S. The molecule has 0 spiro atoms. The predicted molar refractivity (Wildman–Crippen MR) is 76.4 cm³/mol. The normalized spacial score (nSPS) is 12.2. The lowest BCUT2D eigenvalue weighted by molar-refractivity contribution is -0.129. The Bertz CT molecular complexity index is 595. The van der Waals surface area contributed by atoms with Gasteiger partial charge in [-0.1, -0.05) is 30.3 Å². The summed E-state index contributed by atoms with van der Waals surface area (Å²) in [4.78, 5) is 4.39. The second-order valence-corrected chi connectivity index (χ2v) is 5.89. The SMILES string of the molecule is CCCn1c(SCCC(F)(F)F)nc2cc(Cl)ccc21. The summed E-state index contributed by atoms with van der Waals surface area (Å²) in [5.41, 5.74) is 1.63. The maximum Gasteiger partial charge on any atom is 0.389 e. The van der Waals surface area contributed by atoms with Gasteiger partial charge in [0.2, 0.25) is 0 Å². The van der Waals surface area contributed by atoms with Gasteiger partial charge in [-0.2, -0.15) is 13.2 Å². The van der Waals surface area contributed by atoms with E-state index in [4.69, 9.17) is 11.6 Å². The fourth-order valence-corrected chi connectivity index (χ4v) is 3.08. The molecule has 0 aliphatic heterocycles. The van der Waals surface area contributed by atoms with E-state index in [2.05, 4.69) is 4.98 Å². The zero-order valence-corrected chi connectivity index (χ0v) is 12.4. The van der Waals surface area contributed by atoms with Gasteiger partial charge in [-0.05, 0) is 24.6 Å². The van der Waals surface area contributed by atoms with Gasteiger partial charge in [-0.15, -0.1) is 0 Å². The lowest BCUT2D eigenvalue weighted by Gasteiger charge is -2.08. The zero-order chi connectivity index (χ0) is 14.8. The van der Waals surface area contributed by atoms with Crippen LogP contribution in [0.4, 0.5) is 13.2 Å². The first-order valence-electron chi connectivity index (χ1n) is 6.26. The largest absolute Gasteiger partial charge is 0.389 e. The maximum atomic E-state index is 12.2. The molecule has 0 unspecified atom stereocenters. The second-order valence-electron chi connectivity index (χ2n) is 4.39. The molecule has 1 aromatic heterocycles. The highest BCUT2D eigenvalue weighted by Gasteiger charge is 2.26. The molecule has 2 nitrogen and oxygen atoms in total. The fourth-order valence-electron chi connectivity index (χ4n) is 1.89. The van der Waals surface area contributed by atoms with E-state index < -0.39 is 12.6 Å². The molecule has 0 radical (unpaired) electrons. The molecular weight excluding hydrogens is 309 g/mol. The van der Waals surface area contributed by atoms with Gasteiger partial charge in [0.1, 0.15) is 0 Å². The van der Waals surface area contributed by atoms with Crippen molar-refractivity contribution in [3.05, 3.63) is 23.2 Å². The standard InChI is InChI=1S/C13H14ClF3N2S/c1-2-6-19-11-4-3-9(14)8-10(11)18-12(19)20-7-5-13(15,16)17/h3-4,8H,2,5-7H2,1H3. The number of benzene rings is 1. The average molecular weight is 323 g/mol. The minimum absolute atomic E-state index is 0.0235. The van der Waals surface area contributed by atoms with E-state index in [-0.39, 0.29) is 5.75 Å². The summed E-state index contributed by atoms with van der Waals surface area (Å²) in [6, 6.07) is 5.35. The molecule has 0 saturated carbocycles. The van der Waals surface area contributed by atoms with Crippen LogP contribution in [0, 0.1) is 0 Å². The van der Waals surface area contributed by atoms with Gasteiger partial charge in [0.25, 0.3) is 0 Å². The molecule has 0 atom stereocenters. The lowest BCUT2D eigenvalue weighted by atomic mass is 10.3. The Labute approximate surface area is 124 Å². The third-order valence-electron chi connectivity index (χ3n) is 2.74. The first-order valence-corrected chi connectivity index (χ1v) is 7.62. The number of hydrogen-bond acceptors (Lipinski definition) is 2. The molecule has 0 N–H and O–H groups in total. The van der Waals surface area contributed by atoms with Crippen molar-refractivity contribution >= 4 is 34.4 Å². The maximum absolute atomic E-state index is 12.2. The molecule has 0 amide bonds. The number of fused-ring (bicyclic) bond motifs is 1. The van der Waals surface area contributed by atoms with Gasteiger partial charge < -0.3 is 4.57 Å². The van der Waals surface area contributed by atoms with Crippen LogP contribution >= 0.6 is 23.4 Å². The minimum Gasteiger partial charge on any atom is -0.319 e. The van der Waals surface area contributed by atoms with Crippen molar-refractivity contribution in [3.63, 3.8) is 0 Å². The van der Waals surface area contributed by atoms with Crippen LogP contribution in [0.3, 0.4) is 0 Å². The van der Waals surface area contributed by atoms with Crippen molar-refractivity contribution in [2.24, 2.45) is 0 Å². The average Bonchev–Trinajstić information content (AvgIpc) is 2.66. The highest BCUT2D eigenvalue weighted by molar-refractivity contribution is 7.99. The molecule has 0 saturated heterocycles. The molecule has 2 rings (SSSR count). The van der Waals surface area contributed by atoms with Crippen LogP contribution in [-0.2, 0) is 6.54 Å². The highest BCUT2D eigenvalue weighted by Crippen LogP contribution is 2.29. The van der Waals surface area contributed by atoms with Gasteiger partial charge in [0.15, 0.2) is 5.16 Å². The summed E-state index contributed by atoms with van der Waals surface area (Å²) in [5, 5.41) is 1.19. The second kappa shape index (κ2) is 6.26.